The van der Waals surface area contributed by atoms with E-state index >= 15 is 0 Å². The van der Waals surface area contributed by atoms with Gasteiger partial charge in [-0.15, -0.1) is 0 Å². The van der Waals surface area contributed by atoms with Crippen LogP contribution < -0.4 is 4.90 Å². The molecule has 1 saturated carbocycles. The molecule has 5 aromatic carbocycles. The van der Waals surface area contributed by atoms with E-state index in [4.69, 9.17) is 0 Å². The molecule has 0 saturated heterocycles. The zero-order chi connectivity index (χ0) is 25.6. The molecule has 2 atom stereocenters. The van der Waals surface area contributed by atoms with Gasteiger partial charge in [0.25, 0.3) is 0 Å². The Hall–Kier alpha value is -2.88. The topological polar surface area (TPSA) is 3.24 Å². The van der Waals surface area contributed by atoms with Crippen LogP contribution in [0, 0.1) is 0 Å². The summed E-state index contributed by atoms with van der Waals surface area (Å²) in [5.41, 5.74) is 9.31. The van der Waals surface area contributed by atoms with Gasteiger partial charge in [0, 0.05) is 25.7 Å². The van der Waals surface area contributed by atoms with Crippen molar-refractivity contribution in [1.29, 1.82) is 0 Å². The van der Waals surface area contributed by atoms with E-state index in [2.05, 4.69) is 140 Å². The summed E-state index contributed by atoms with van der Waals surface area (Å²) >= 11 is 7.25. The first-order valence-electron chi connectivity index (χ1n) is 13.6. The molecule has 3 aliphatic carbocycles. The van der Waals surface area contributed by atoms with Gasteiger partial charge in [0.1, 0.15) is 0 Å². The lowest BCUT2D eigenvalue weighted by Crippen LogP contribution is -2.11. The van der Waals surface area contributed by atoms with Gasteiger partial charge in [-0.3, -0.25) is 0 Å². The number of halogens is 2. The SMILES string of the molecule is Brc1ccc(N(c2ccc(Br)cc2)c2cc(-c3ccc4c(c3)C3CCCC4CC3)cc3ccccc23)cc1. The summed E-state index contributed by atoms with van der Waals surface area (Å²) in [6.07, 6.45) is 6.79. The molecule has 1 nitrogen and oxygen atoms in total. The maximum Gasteiger partial charge on any atom is 0.0546 e. The molecule has 3 aliphatic rings. The van der Waals surface area contributed by atoms with Crippen molar-refractivity contribution in [3.05, 3.63) is 123 Å². The molecule has 2 unspecified atom stereocenters. The van der Waals surface area contributed by atoms with E-state index in [-0.39, 0.29) is 0 Å². The standard InChI is InChI=1S/C35H29Br2N/c36-28-11-15-30(16-12-28)38(31-17-13-29(37)14-18-31)35-22-27(20-26-4-1-2-7-33(26)35)25-10-19-32-23-5-3-6-24(9-8-23)34(32)21-25/h1-2,4,7,10-24H,3,5-6,8-9H2. The molecule has 0 amide bonds. The van der Waals surface area contributed by atoms with Gasteiger partial charge < -0.3 is 4.90 Å². The van der Waals surface area contributed by atoms with Crippen LogP contribution >= 0.6 is 31.9 Å². The maximum absolute atomic E-state index is 3.62. The van der Waals surface area contributed by atoms with E-state index in [1.807, 2.05) is 0 Å². The molecule has 0 radical (unpaired) electrons. The van der Waals surface area contributed by atoms with Crippen LogP contribution in [0.15, 0.2) is 112 Å². The lowest BCUT2D eigenvalue weighted by atomic mass is 9.77. The number of rotatable bonds is 4. The van der Waals surface area contributed by atoms with Crippen LogP contribution in [-0.2, 0) is 0 Å². The summed E-state index contributed by atoms with van der Waals surface area (Å²) in [5, 5.41) is 2.51. The van der Waals surface area contributed by atoms with Crippen LogP contribution in [0.5, 0.6) is 0 Å². The summed E-state index contributed by atoms with van der Waals surface area (Å²) in [4.78, 5) is 2.39. The van der Waals surface area contributed by atoms with E-state index < -0.39 is 0 Å². The van der Waals surface area contributed by atoms with Gasteiger partial charge in [-0.2, -0.15) is 0 Å². The van der Waals surface area contributed by atoms with Gasteiger partial charge in [-0.1, -0.05) is 80.7 Å². The summed E-state index contributed by atoms with van der Waals surface area (Å²) in [7, 11) is 0. The van der Waals surface area contributed by atoms with Gasteiger partial charge in [0.15, 0.2) is 0 Å². The minimum atomic E-state index is 0.727. The van der Waals surface area contributed by atoms with E-state index in [9.17, 15) is 0 Å². The highest BCUT2D eigenvalue weighted by molar-refractivity contribution is 9.10. The lowest BCUT2D eigenvalue weighted by Gasteiger charge is -2.29. The first-order valence-corrected chi connectivity index (χ1v) is 15.2. The largest absolute Gasteiger partial charge is 0.310 e. The Bertz CT molecular complexity index is 1570. The number of nitrogens with zero attached hydrogens (tertiary/aromatic N) is 1. The minimum Gasteiger partial charge on any atom is -0.310 e. The highest BCUT2D eigenvalue weighted by Gasteiger charge is 2.30. The van der Waals surface area contributed by atoms with Crippen molar-refractivity contribution in [2.75, 3.05) is 4.90 Å². The fourth-order valence-corrected chi connectivity index (χ4v) is 7.18. The predicted octanol–water partition coefficient (Wildman–Crippen LogP) is 11.6. The summed E-state index contributed by atoms with van der Waals surface area (Å²) in [6, 6.07) is 38.1. The van der Waals surface area contributed by atoms with E-state index in [1.165, 1.54) is 59.7 Å². The van der Waals surface area contributed by atoms with E-state index in [1.54, 1.807) is 11.1 Å². The molecule has 2 bridgehead atoms. The molecule has 0 aliphatic heterocycles. The number of hydrogen-bond acceptors (Lipinski definition) is 1. The first kappa shape index (κ1) is 24.2. The van der Waals surface area contributed by atoms with Gasteiger partial charge in [-0.05, 0) is 126 Å². The predicted molar refractivity (Wildman–Crippen MR) is 168 cm³/mol. The molecular weight excluding hydrogens is 594 g/mol. The van der Waals surface area contributed by atoms with Gasteiger partial charge in [-0.25, -0.2) is 0 Å². The second-order valence-corrected chi connectivity index (χ2v) is 12.6. The third-order valence-corrected chi connectivity index (χ3v) is 9.58. The number of hydrogen-bond donors (Lipinski definition) is 0. The van der Waals surface area contributed by atoms with Crippen LogP contribution in [0.25, 0.3) is 21.9 Å². The molecule has 38 heavy (non-hydrogen) atoms. The van der Waals surface area contributed by atoms with Crippen molar-refractivity contribution in [1.82, 2.24) is 0 Å². The van der Waals surface area contributed by atoms with Crippen molar-refractivity contribution in [3.8, 4) is 11.1 Å². The second-order valence-electron chi connectivity index (χ2n) is 10.8. The van der Waals surface area contributed by atoms with Crippen molar-refractivity contribution in [2.45, 2.75) is 43.9 Å². The zero-order valence-electron chi connectivity index (χ0n) is 21.2. The molecule has 3 heteroatoms. The molecular formula is C35H29Br2N. The fourth-order valence-electron chi connectivity index (χ4n) is 6.65. The van der Waals surface area contributed by atoms with Crippen LogP contribution in [0.3, 0.4) is 0 Å². The molecule has 0 N–H and O–H groups in total. The normalized spacial score (nSPS) is 18.3. The van der Waals surface area contributed by atoms with Crippen LogP contribution in [0.2, 0.25) is 0 Å². The molecule has 1 fully saturated rings. The van der Waals surface area contributed by atoms with Crippen LogP contribution in [0.1, 0.15) is 55.1 Å². The number of benzene rings is 5. The van der Waals surface area contributed by atoms with Crippen LogP contribution in [-0.4, -0.2) is 0 Å². The second kappa shape index (κ2) is 10.0. The van der Waals surface area contributed by atoms with Gasteiger partial charge in [0.05, 0.1) is 5.69 Å². The lowest BCUT2D eigenvalue weighted by molar-refractivity contribution is 0.527. The Kier molecular flexibility index (Phi) is 6.38. The van der Waals surface area contributed by atoms with Gasteiger partial charge >= 0.3 is 0 Å². The average Bonchev–Trinajstić information content (AvgIpc) is 3.30. The first-order chi connectivity index (χ1) is 18.6. The molecule has 0 heterocycles. The molecule has 188 valence electrons. The molecule has 0 spiro atoms. The summed E-state index contributed by atoms with van der Waals surface area (Å²) < 4.78 is 2.16. The number of fused-ring (bicyclic) bond motifs is 4. The fraction of sp³-hybridized carbons (Fsp3) is 0.200. The van der Waals surface area contributed by atoms with E-state index in [0.717, 1.165) is 32.2 Å². The van der Waals surface area contributed by atoms with E-state index in [0.29, 0.717) is 0 Å². The smallest absolute Gasteiger partial charge is 0.0546 e. The van der Waals surface area contributed by atoms with Crippen molar-refractivity contribution < 1.29 is 0 Å². The Morgan fingerprint density at radius 2 is 1.18 bits per heavy atom. The average molecular weight is 623 g/mol. The summed E-state index contributed by atoms with van der Waals surface area (Å²) in [5.74, 6) is 1.49. The Morgan fingerprint density at radius 3 is 1.87 bits per heavy atom. The quantitative estimate of drug-likeness (QED) is 0.193. The third kappa shape index (κ3) is 4.40. The number of anilines is 3. The zero-order valence-corrected chi connectivity index (χ0v) is 24.4. The van der Waals surface area contributed by atoms with Crippen molar-refractivity contribution in [2.24, 2.45) is 0 Å². The van der Waals surface area contributed by atoms with Gasteiger partial charge in [0.2, 0.25) is 0 Å². The molecule has 0 aromatic heterocycles. The third-order valence-electron chi connectivity index (χ3n) is 8.52. The highest BCUT2D eigenvalue weighted by atomic mass is 79.9. The monoisotopic (exact) mass is 621 g/mol. The van der Waals surface area contributed by atoms with Crippen LogP contribution in [0.4, 0.5) is 17.1 Å². The summed E-state index contributed by atoms with van der Waals surface area (Å²) in [6.45, 7) is 0. The maximum atomic E-state index is 3.62. The molecule has 8 rings (SSSR count). The Balaban J connectivity index is 1.43. The van der Waals surface area contributed by atoms with Crippen molar-refractivity contribution >= 4 is 59.7 Å². The Morgan fingerprint density at radius 1 is 0.553 bits per heavy atom. The highest BCUT2D eigenvalue weighted by Crippen LogP contribution is 2.49. The Labute approximate surface area is 241 Å². The van der Waals surface area contributed by atoms with Crippen molar-refractivity contribution in [3.63, 3.8) is 0 Å². The molecule has 5 aromatic rings. The minimum absolute atomic E-state index is 0.727.